The van der Waals surface area contributed by atoms with E-state index in [-0.39, 0.29) is 0 Å². The molecule has 0 aliphatic heterocycles. The van der Waals surface area contributed by atoms with Gasteiger partial charge in [0.2, 0.25) is 0 Å². The lowest BCUT2D eigenvalue weighted by molar-refractivity contribution is 0.118. The van der Waals surface area contributed by atoms with Gasteiger partial charge < -0.3 is 0 Å². The number of rotatable bonds is 30. The zero-order chi connectivity index (χ0) is 24.8. The highest BCUT2D eigenvalue weighted by atomic mass is 16.0. The summed E-state index contributed by atoms with van der Waals surface area (Å²) in [4.78, 5) is 0. The minimum absolute atomic E-state index is 0.691. The van der Waals surface area contributed by atoms with Crippen molar-refractivity contribution in [2.75, 3.05) is 0 Å². The van der Waals surface area contributed by atoms with E-state index in [0.29, 0.717) is 5.23 Å². The molecular weight excluding hydrogens is 476 g/mol. The van der Waals surface area contributed by atoms with Crippen LogP contribution < -0.4 is 184 Å². The minimum atomic E-state index is 0.691. The first-order chi connectivity index (χ1) is 16.8. The summed E-state index contributed by atoms with van der Waals surface area (Å²) in [5, 5.41) is 0.691. The quantitative estimate of drug-likeness (QED) is 0.0241. The molecule has 0 atom stereocenters. The molecule has 0 saturated heterocycles. The van der Waals surface area contributed by atoms with Crippen LogP contribution in [0.3, 0.4) is 0 Å². The molecule has 34 heteroatoms. The number of hydrogen-bond donors (Lipinski definition) is 33. The van der Waals surface area contributed by atoms with E-state index in [9.17, 15) is 0 Å². The smallest absolute Gasteiger partial charge is 0.102 e. The normalized spacial score (nSPS) is 11.6. The number of nitrogens with one attached hydrogen (secondary N) is 30. The Kier molecular flexibility index (Phi) is 28.5. The molecule has 34 nitrogen and oxygen atoms in total. The Labute approximate surface area is 190 Å². The summed E-state index contributed by atoms with van der Waals surface area (Å²) < 4.78 is 0. The van der Waals surface area contributed by atoms with Gasteiger partial charge in [0.05, 0.1) is 0 Å². The number of hydrazine groups is 33. The van der Waals surface area contributed by atoms with Gasteiger partial charge in [-0.15, -0.1) is 10.8 Å². The third-order valence-corrected chi connectivity index (χ3v) is 1.94. The molecule has 36 N–H and O–H groups in total. The van der Waals surface area contributed by atoms with Crippen molar-refractivity contribution >= 4 is 0 Å². The van der Waals surface area contributed by atoms with Crippen LogP contribution in [0.2, 0.25) is 0 Å². The van der Waals surface area contributed by atoms with Gasteiger partial charge in [-0.05, 0) is 0 Å². The molecule has 0 aliphatic carbocycles. The van der Waals surface area contributed by atoms with E-state index in [1.807, 2.05) is 0 Å². The van der Waals surface area contributed by atoms with Crippen molar-refractivity contribution < 1.29 is 0 Å². The second-order valence-corrected chi connectivity index (χ2v) is 4.16. The van der Waals surface area contributed by atoms with Crippen molar-refractivity contribution in [3.05, 3.63) is 0 Å². The highest BCUT2D eigenvalue weighted by Crippen LogP contribution is 1.35. The first-order valence-electron chi connectivity index (χ1n) is 8.28. The molecule has 0 saturated carbocycles. The summed E-state index contributed by atoms with van der Waals surface area (Å²) in [7, 11) is 0. The van der Waals surface area contributed by atoms with E-state index in [4.69, 9.17) is 17.5 Å². The predicted molar refractivity (Wildman–Crippen MR) is 108 cm³/mol. The van der Waals surface area contributed by atoms with E-state index in [2.05, 4.69) is 166 Å². The largest absolute Gasteiger partial charge is 0.257 e. The van der Waals surface area contributed by atoms with E-state index in [0.717, 1.165) is 0 Å². The predicted octanol–water partition coefficient (Wildman–Crippen LogP) is -17.0. The topological polar surface area (TPSA) is 442 Å². The van der Waals surface area contributed by atoms with Crippen LogP contribution in [0.1, 0.15) is 0 Å². The van der Waals surface area contributed by atoms with Crippen molar-refractivity contribution in [2.45, 2.75) is 0 Å². The Balaban J connectivity index is 3.00. The van der Waals surface area contributed by atoms with Crippen molar-refractivity contribution in [3.8, 4) is 0 Å². The summed E-state index contributed by atoms with van der Waals surface area (Å²) in [6, 6.07) is 0. The summed E-state index contributed by atoms with van der Waals surface area (Å²) in [5.74, 6) is 15.0. The Morgan fingerprint density at radius 1 is 0.265 bits per heavy atom. The van der Waals surface area contributed by atoms with Gasteiger partial charge in [-0.1, -0.05) is 0 Å². The molecule has 0 radical (unpaired) electrons. The molecule has 0 fully saturated rings. The SMILES string of the molecule is NNNNNNNNNNNNNNNNNNNNNNNNNNNNNNNN(N)N. The maximum atomic E-state index is 5.05. The highest BCUT2D eigenvalue weighted by molar-refractivity contribution is 4.19. The van der Waals surface area contributed by atoms with Gasteiger partial charge >= 0.3 is 0 Å². The van der Waals surface area contributed by atoms with Crippen molar-refractivity contribution in [2.24, 2.45) is 17.5 Å². The molecule has 0 amide bonds. The summed E-state index contributed by atoms with van der Waals surface area (Å²) >= 11 is 0. The molecule has 0 spiro atoms. The molecule has 0 aromatic rings. The first-order valence-corrected chi connectivity index (χ1v) is 8.28. The average Bonchev–Trinajstić information content (AvgIpc) is 2.83. The fourth-order valence-corrected chi connectivity index (χ4v) is 0.941. The molecule has 0 aromatic heterocycles. The lowest BCUT2D eigenvalue weighted by Gasteiger charge is -2.16. The van der Waals surface area contributed by atoms with Crippen LogP contribution in [-0.2, 0) is 0 Å². The lowest BCUT2D eigenvalue weighted by atomic mass is 12.0. The molecule has 0 bridgehead atoms. The summed E-state index contributed by atoms with van der Waals surface area (Å²) in [6.45, 7) is 0. The van der Waals surface area contributed by atoms with Crippen LogP contribution in [0, 0.1) is 0 Å². The van der Waals surface area contributed by atoms with Crippen LogP contribution in [0.25, 0.3) is 0 Å². The van der Waals surface area contributed by atoms with Gasteiger partial charge in [-0.3, -0.25) is 5.84 Å². The molecular formula is H36N34. The molecule has 0 aromatic carbocycles. The third-order valence-electron chi connectivity index (χ3n) is 1.94. The molecule has 0 rings (SSSR count). The first kappa shape index (κ1) is 32.6. The third kappa shape index (κ3) is 30.6. The van der Waals surface area contributed by atoms with Gasteiger partial charge in [-0.25, -0.2) is 11.7 Å². The Hall–Kier alpha value is -1.36. The molecule has 0 heterocycles. The van der Waals surface area contributed by atoms with Crippen LogP contribution >= 0.6 is 0 Å². The average molecular weight is 513 g/mol. The molecule has 206 valence electrons. The standard InChI is InChI=1S/H36N34/c1-4-5-6-7-8-9-10-11-12-13-14-15-16-17-18-19-20-21-22-23-24-25-26-27-28-29-30-31-32-33-34(2)3/h4-33H,1-3H2. The number of nitrogens with two attached hydrogens (primary N) is 3. The van der Waals surface area contributed by atoms with E-state index in [1.165, 1.54) is 0 Å². The fourth-order valence-electron chi connectivity index (χ4n) is 0.941. The van der Waals surface area contributed by atoms with Gasteiger partial charge in [-0.2, -0.15) is 161 Å². The summed E-state index contributed by atoms with van der Waals surface area (Å²) in [6.07, 6.45) is 0. The van der Waals surface area contributed by atoms with Gasteiger partial charge in [0.25, 0.3) is 0 Å². The second-order valence-electron chi connectivity index (χ2n) is 4.16. The van der Waals surface area contributed by atoms with Crippen molar-refractivity contribution in [1.82, 2.24) is 171 Å². The minimum Gasteiger partial charge on any atom is -0.257 e. The highest BCUT2D eigenvalue weighted by Gasteiger charge is 1.86. The maximum Gasteiger partial charge on any atom is -0.102 e. The van der Waals surface area contributed by atoms with Gasteiger partial charge in [0, 0.05) is 0 Å². The Bertz CT molecular complexity index is 331. The van der Waals surface area contributed by atoms with E-state index >= 15 is 0 Å². The van der Waals surface area contributed by atoms with Gasteiger partial charge in [0.1, 0.15) is 0 Å². The van der Waals surface area contributed by atoms with Crippen molar-refractivity contribution in [1.29, 1.82) is 0 Å². The maximum absolute atomic E-state index is 5.05. The fraction of sp³-hybridized carbons (Fsp3) is 0. The second kappa shape index (κ2) is 29.7. The Morgan fingerprint density at radius 3 is 0.618 bits per heavy atom. The number of nitrogens with zero attached hydrogens (tertiary/aromatic N) is 1. The van der Waals surface area contributed by atoms with Gasteiger partial charge in [0.15, 0.2) is 0 Å². The van der Waals surface area contributed by atoms with E-state index in [1.54, 1.807) is 0 Å². The zero-order valence-corrected chi connectivity index (χ0v) is 17.2. The van der Waals surface area contributed by atoms with Crippen LogP contribution in [0.4, 0.5) is 0 Å². The summed E-state index contributed by atoms with van der Waals surface area (Å²) in [5.41, 5.74) is 73.3. The van der Waals surface area contributed by atoms with Crippen LogP contribution in [0.15, 0.2) is 0 Å². The Morgan fingerprint density at radius 2 is 0.441 bits per heavy atom. The van der Waals surface area contributed by atoms with Crippen LogP contribution in [0.5, 0.6) is 0 Å². The number of hydrogen-bond acceptors (Lipinski definition) is 34. The molecule has 34 heavy (non-hydrogen) atoms. The molecule has 0 aliphatic rings. The zero-order valence-electron chi connectivity index (χ0n) is 17.2. The lowest BCUT2D eigenvalue weighted by Crippen LogP contribution is -2.70. The van der Waals surface area contributed by atoms with Crippen molar-refractivity contribution in [3.63, 3.8) is 0 Å². The monoisotopic (exact) mass is 512 g/mol. The van der Waals surface area contributed by atoms with Crippen LogP contribution in [-0.4, -0.2) is 5.23 Å². The molecule has 0 unspecified atom stereocenters. The van der Waals surface area contributed by atoms with E-state index < -0.39 is 0 Å².